The lowest BCUT2D eigenvalue weighted by Crippen LogP contribution is -2.40. The van der Waals surface area contributed by atoms with Gasteiger partial charge < -0.3 is 14.8 Å². The molecule has 0 saturated heterocycles. The van der Waals surface area contributed by atoms with Crippen LogP contribution in [-0.2, 0) is 14.3 Å². The quantitative estimate of drug-likeness (QED) is 0.606. The maximum atomic E-state index is 11.6. The van der Waals surface area contributed by atoms with Crippen LogP contribution in [0, 0.1) is 0 Å². The average Bonchev–Trinajstić information content (AvgIpc) is 2.22. The molecule has 0 aliphatic heterocycles. The smallest absolute Gasteiger partial charge is 0.407 e. The van der Waals surface area contributed by atoms with Crippen molar-refractivity contribution >= 4 is 12.1 Å². The highest BCUT2D eigenvalue weighted by Crippen LogP contribution is 2.08. The van der Waals surface area contributed by atoms with Crippen molar-refractivity contribution in [3.8, 4) is 0 Å². The Balaban J connectivity index is 4.39. The minimum Gasteiger partial charge on any atom is -0.469 e. The van der Waals surface area contributed by atoms with E-state index in [1.807, 2.05) is 19.1 Å². The third-order valence-corrected chi connectivity index (χ3v) is 2.02. The molecule has 0 aliphatic rings. The highest BCUT2D eigenvalue weighted by Gasteiger charge is 2.20. The maximum Gasteiger partial charge on any atom is 0.407 e. The fraction of sp³-hybridized carbons (Fsp3) is 0.692. The number of carbonyl (C=O) groups is 2. The normalized spacial score (nSPS) is 13.2. The van der Waals surface area contributed by atoms with Crippen molar-refractivity contribution in [2.75, 3.05) is 7.11 Å². The molecule has 0 aromatic heterocycles. The molecule has 0 saturated carbocycles. The Morgan fingerprint density at radius 2 is 1.94 bits per heavy atom. The van der Waals surface area contributed by atoms with Crippen molar-refractivity contribution < 1.29 is 19.1 Å². The van der Waals surface area contributed by atoms with Gasteiger partial charge in [0.25, 0.3) is 0 Å². The van der Waals surface area contributed by atoms with Gasteiger partial charge in [0.1, 0.15) is 5.60 Å². The molecule has 0 aromatic carbocycles. The van der Waals surface area contributed by atoms with Crippen LogP contribution in [0.5, 0.6) is 0 Å². The van der Waals surface area contributed by atoms with Crippen molar-refractivity contribution in [3.05, 3.63) is 12.2 Å². The third-order valence-electron chi connectivity index (χ3n) is 2.02. The average molecular weight is 257 g/mol. The largest absolute Gasteiger partial charge is 0.469 e. The summed E-state index contributed by atoms with van der Waals surface area (Å²) < 4.78 is 9.73. The van der Waals surface area contributed by atoms with Gasteiger partial charge in [-0.2, -0.15) is 0 Å². The molecular formula is C13H23NO4. The first-order valence-electron chi connectivity index (χ1n) is 5.96. The van der Waals surface area contributed by atoms with E-state index in [2.05, 4.69) is 10.1 Å². The number of hydrogen-bond donors (Lipinski definition) is 1. The molecule has 18 heavy (non-hydrogen) atoms. The molecule has 0 rings (SSSR count). The highest BCUT2D eigenvalue weighted by molar-refractivity contribution is 5.72. The van der Waals surface area contributed by atoms with E-state index in [1.54, 1.807) is 20.8 Å². The first-order valence-corrected chi connectivity index (χ1v) is 5.96. The Labute approximate surface area is 109 Å². The highest BCUT2D eigenvalue weighted by atomic mass is 16.6. The summed E-state index contributed by atoms with van der Waals surface area (Å²) in [7, 11) is 1.32. The first kappa shape index (κ1) is 16.5. The molecule has 0 aromatic rings. The number of amides is 1. The zero-order chi connectivity index (χ0) is 14.2. The molecule has 0 radical (unpaired) electrons. The van der Waals surface area contributed by atoms with Gasteiger partial charge in [0.2, 0.25) is 0 Å². The number of methoxy groups -OCH3 is 1. The molecule has 1 unspecified atom stereocenters. The second kappa shape index (κ2) is 7.74. The van der Waals surface area contributed by atoms with E-state index >= 15 is 0 Å². The lowest BCUT2D eigenvalue weighted by atomic mass is 10.1. The third kappa shape index (κ3) is 8.61. The molecule has 0 spiro atoms. The predicted octanol–water partition coefficient (Wildman–Crippen LogP) is 2.41. The Morgan fingerprint density at radius 3 is 2.39 bits per heavy atom. The zero-order valence-corrected chi connectivity index (χ0v) is 11.8. The van der Waals surface area contributed by atoms with E-state index in [0.29, 0.717) is 6.42 Å². The molecule has 0 fully saturated rings. The fourth-order valence-corrected chi connectivity index (χ4v) is 1.25. The van der Waals surface area contributed by atoms with Gasteiger partial charge >= 0.3 is 12.1 Å². The number of hydrogen-bond acceptors (Lipinski definition) is 4. The Hall–Kier alpha value is -1.52. The van der Waals surface area contributed by atoms with Gasteiger partial charge in [0, 0.05) is 6.04 Å². The van der Waals surface area contributed by atoms with Crippen molar-refractivity contribution in [1.82, 2.24) is 5.32 Å². The monoisotopic (exact) mass is 257 g/mol. The molecule has 1 atom stereocenters. The van der Waals surface area contributed by atoms with E-state index < -0.39 is 11.7 Å². The Bertz CT molecular complexity index is 305. The van der Waals surface area contributed by atoms with Gasteiger partial charge in [-0.1, -0.05) is 12.2 Å². The number of esters is 1. The van der Waals surface area contributed by atoms with Crippen LogP contribution in [0.1, 0.15) is 40.5 Å². The van der Waals surface area contributed by atoms with Crippen LogP contribution >= 0.6 is 0 Å². The number of ether oxygens (including phenoxy) is 2. The molecule has 5 nitrogen and oxygen atoms in total. The molecule has 0 aliphatic carbocycles. The number of rotatable bonds is 5. The van der Waals surface area contributed by atoms with Crippen molar-refractivity contribution in [3.63, 3.8) is 0 Å². The van der Waals surface area contributed by atoms with Gasteiger partial charge in [0.15, 0.2) is 0 Å². The molecule has 5 heteroatoms. The van der Waals surface area contributed by atoms with Gasteiger partial charge in [-0.05, 0) is 34.1 Å². The molecule has 104 valence electrons. The summed E-state index contributed by atoms with van der Waals surface area (Å²) in [5.74, 6) is -0.361. The number of alkyl carbamates (subject to hydrolysis) is 1. The second-order valence-corrected chi connectivity index (χ2v) is 4.93. The van der Waals surface area contributed by atoms with Crippen LogP contribution in [0.25, 0.3) is 0 Å². The van der Waals surface area contributed by atoms with Crippen molar-refractivity contribution in [1.29, 1.82) is 0 Å². The Morgan fingerprint density at radius 1 is 1.33 bits per heavy atom. The van der Waals surface area contributed by atoms with Crippen molar-refractivity contribution in [2.45, 2.75) is 52.2 Å². The van der Waals surface area contributed by atoms with Crippen LogP contribution in [-0.4, -0.2) is 30.8 Å². The summed E-state index contributed by atoms with van der Waals surface area (Å²) >= 11 is 0. The number of carbonyl (C=O) groups excluding carboxylic acids is 2. The van der Waals surface area contributed by atoms with Gasteiger partial charge in [-0.25, -0.2) is 4.79 Å². The summed E-state index contributed by atoms with van der Waals surface area (Å²) in [6.45, 7) is 7.23. The van der Waals surface area contributed by atoms with E-state index in [1.165, 1.54) is 7.11 Å². The minimum atomic E-state index is -0.555. The zero-order valence-electron chi connectivity index (χ0n) is 11.8. The van der Waals surface area contributed by atoms with Crippen LogP contribution < -0.4 is 5.32 Å². The Kier molecular flexibility index (Phi) is 7.08. The van der Waals surface area contributed by atoms with Gasteiger partial charge in [0.05, 0.1) is 13.5 Å². The van der Waals surface area contributed by atoms with Gasteiger partial charge in [-0.15, -0.1) is 0 Å². The minimum absolute atomic E-state index is 0.125. The van der Waals surface area contributed by atoms with E-state index in [-0.39, 0.29) is 18.4 Å². The maximum absolute atomic E-state index is 11.6. The van der Waals surface area contributed by atoms with Crippen LogP contribution in [0.15, 0.2) is 12.2 Å². The predicted molar refractivity (Wildman–Crippen MR) is 69.2 cm³/mol. The summed E-state index contributed by atoms with van der Waals surface area (Å²) in [6, 6.07) is -0.316. The first-order chi connectivity index (χ1) is 8.28. The number of nitrogens with one attached hydrogen (secondary N) is 1. The lowest BCUT2D eigenvalue weighted by Gasteiger charge is -2.22. The summed E-state index contributed by atoms with van der Waals surface area (Å²) in [5.41, 5.74) is -0.555. The number of allylic oxidation sites excluding steroid dienone is 1. The van der Waals surface area contributed by atoms with Crippen molar-refractivity contribution in [2.24, 2.45) is 0 Å². The van der Waals surface area contributed by atoms with E-state index in [4.69, 9.17) is 4.74 Å². The summed E-state index contributed by atoms with van der Waals surface area (Å²) in [6.07, 6.45) is 3.90. The molecular weight excluding hydrogens is 234 g/mol. The molecule has 0 heterocycles. The van der Waals surface area contributed by atoms with Crippen LogP contribution in [0.2, 0.25) is 0 Å². The van der Waals surface area contributed by atoms with E-state index in [9.17, 15) is 9.59 Å². The lowest BCUT2D eigenvalue weighted by molar-refractivity contribution is -0.141. The van der Waals surface area contributed by atoms with E-state index in [0.717, 1.165) is 0 Å². The second-order valence-electron chi connectivity index (χ2n) is 4.93. The molecule has 1 amide bonds. The van der Waals surface area contributed by atoms with Crippen LogP contribution in [0.3, 0.4) is 0 Å². The summed E-state index contributed by atoms with van der Waals surface area (Å²) in [4.78, 5) is 22.8. The van der Waals surface area contributed by atoms with Crippen LogP contribution in [0.4, 0.5) is 4.79 Å². The topological polar surface area (TPSA) is 64.6 Å². The SMILES string of the molecule is C/C=C/CC(CC(=O)OC)NC(=O)OC(C)(C)C. The van der Waals surface area contributed by atoms with Gasteiger partial charge in [-0.3, -0.25) is 4.79 Å². The summed E-state index contributed by atoms with van der Waals surface area (Å²) in [5, 5.41) is 2.66. The molecule has 1 N–H and O–H groups in total. The standard InChI is InChI=1S/C13H23NO4/c1-6-7-8-10(9-11(15)17-5)14-12(16)18-13(2,3)4/h6-7,10H,8-9H2,1-5H3,(H,14,16)/b7-6+. The molecule has 0 bridgehead atoms. The fourth-order valence-electron chi connectivity index (χ4n) is 1.25.